The quantitative estimate of drug-likeness (QED) is 0.782. The van der Waals surface area contributed by atoms with Crippen LogP contribution in [0, 0.1) is 13.8 Å². The number of rotatable bonds is 3. The van der Waals surface area contributed by atoms with Crippen LogP contribution in [0.1, 0.15) is 18.1 Å². The fourth-order valence-corrected chi connectivity index (χ4v) is 1.62. The van der Waals surface area contributed by atoms with E-state index < -0.39 is 6.10 Å². The first kappa shape index (κ1) is 12.6. The first-order valence-corrected chi connectivity index (χ1v) is 5.36. The molecule has 1 aromatic carbocycles. The predicted octanol–water partition coefficient (Wildman–Crippen LogP) is 2.16. The molecule has 0 aliphatic carbocycles. The zero-order chi connectivity index (χ0) is 12.3. The first-order valence-electron chi connectivity index (χ1n) is 5.36. The van der Waals surface area contributed by atoms with Crippen molar-refractivity contribution >= 4 is 5.91 Å². The number of likely N-dealkylation sites (N-methyl/N-ethyl adjacent to an activating group) is 1. The lowest BCUT2D eigenvalue weighted by molar-refractivity contribution is -0.135. The molecular weight excluding hydrogens is 202 g/mol. The molecule has 1 atom stereocenters. The third-order valence-electron chi connectivity index (χ3n) is 2.30. The summed E-state index contributed by atoms with van der Waals surface area (Å²) in [4.78, 5) is 13.2. The third kappa shape index (κ3) is 3.26. The highest BCUT2D eigenvalue weighted by atomic mass is 16.5. The molecular formula is C13H19NO2. The van der Waals surface area contributed by atoms with E-state index in [-0.39, 0.29) is 5.91 Å². The number of carbonyl (C=O) groups is 1. The van der Waals surface area contributed by atoms with Gasteiger partial charge in [-0.3, -0.25) is 4.79 Å². The molecule has 88 valence electrons. The Bertz CT molecular complexity index is 365. The van der Waals surface area contributed by atoms with Crippen LogP contribution >= 0.6 is 0 Å². The summed E-state index contributed by atoms with van der Waals surface area (Å²) in [6, 6.07) is 5.95. The highest BCUT2D eigenvalue weighted by molar-refractivity contribution is 5.80. The number of benzene rings is 1. The van der Waals surface area contributed by atoms with Crippen LogP contribution in [-0.2, 0) is 4.79 Å². The van der Waals surface area contributed by atoms with Gasteiger partial charge in [0.15, 0.2) is 6.10 Å². The molecule has 3 nitrogen and oxygen atoms in total. The minimum Gasteiger partial charge on any atom is -0.481 e. The number of hydrogen-bond donors (Lipinski definition) is 0. The summed E-state index contributed by atoms with van der Waals surface area (Å²) in [5.74, 6) is 0.722. The monoisotopic (exact) mass is 221 g/mol. The molecule has 3 heteroatoms. The number of hydrogen-bond acceptors (Lipinski definition) is 2. The molecule has 0 spiro atoms. The van der Waals surface area contributed by atoms with Crippen molar-refractivity contribution in [2.24, 2.45) is 0 Å². The maximum Gasteiger partial charge on any atom is 0.262 e. The molecule has 1 amide bonds. The minimum absolute atomic E-state index is 0.0286. The Morgan fingerprint density at radius 3 is 2.12 bits per heavy atom. The third-order valence-corrected chi connectivity index (χ3v) is 2.30. The summed E-state index contributed by atoms with van der Waals surface area (Å²) >= 11 is 0. The molecule has 0 aliphatic rings. The number of ether oxygens (including phenoxy) is 1. The van der Waals surface area contributed by atoms with Gasteiger partial charge < -0.3 is 9.64 Å². The molecule has 0 aliphatic heterocycles. The minimum atomic E-state index is -0.448. The molecule has 1 aromatic rings. The Hall–Kier alpha value is -1.51. The average Bonchev–Trinajstić information content (AvgIpc) is 2.14. The number of carbonyl (C=O) groups excluding carboxylic acids is 1. The van der Waals surface area contributed by atoms with E-state index in [2.05, 4.69) is 6.07 Å². The second kappa shape index (κ2) is 5.01. The van der Waals surface area contributed by atoms with E-state index in [1.165, 1.54) is 4.90 Å². The highest BCUT2D eigenvalue weighted by Gasteiger charge is 2.16. The van der Waals surface area contributed by atoms with Gasteiger partial charge in [-0.05, 0) is 44.0 Å². The normalized spacial score (nSPS) is 12.1. The van der Waals surface area contributed by atoms with Crippen LogP contribution in [0.4, 0.5) is 0 Å². The summed E-state index contributed by atoms with van der Waals surface area (Å²) < 4.78 is 5.61. The topological polar surface area (TPSA) is 29.5 Å². The molecule has 0 bridgehead atoms. The summed E-state index contributed by atoms with van der Waals surface area (Å²) in [6.45, 7) is 5.79. The van der Waals surface area contributed by atoms with E-state index in [9.17, 15) is 4.79 Å². The van der Waals surface area contributed by atoms with Crippen LogP contribution in [0.3, 0.4) is 0 Å². The summed E-state index contributed by atoms with van der Waals surface area (Å²) in [5.41, 5.74) is 2.28. The fourth-order valence-electron chi connectivity index (χ4n) is 1.62. The van der Waals surface area contributed by atoms with Gasteiger partial charge in [0.1, 0.15) is 5.75 Å². The highest BCUT2D eigenvalue weighted by Crippen LogP contribution is 2.17. The Morgan fingerprint density at radius 2 is 1.69 bits per heavy atom. The average molecular weight is 221 g/mol. The molecule has 0 unspecified atom stereocenters. The lowest BCUT2D eigenvalue weighted by atomic mass is 10.1. The van der Waals surface area contributed by atoms with Gasteiger partial charge in [0.2, 0.25) is 0 Å². The van der Waals surface area contributed by atoms with Gasteiger partial charge in [0.05, 0.1) is 0 Å². The van der Waals surface area contributed by atoms with Crippen LogP contribution in [0.5, 0.6) is 5.75 Å². The molecule has 0 N–H and O–H groups in total. The Kier molecular flexibility index (Phi) is 3.93. The van der Waals surface area contributed by atoms with Gasteiger partial charge in [-0.15, -0.1) is 0 Å². The molecule has 0 heterocycles. The van der Waals surface area contributed by atoms with Gasteiger partial charge in [0.25, 0.3) is 5.91 Å². The van der Waals surface area contributed by atoms with Gasteiger partial charge in [0, 0.05) is 14.1 Å². The van der Waals surface area contributed by atoms with Crippen molar-refractivity contribution in [1.29, 1.82) is 0 Å². The van der Waals surface area contributed by atoms with E-state index in [1.54, 1.807) is 21.0 Å². The molecule has 0 radical (unpaired) electrons. The van der Waals surface area contributed by atoms with Gasteiger partial charge in [-0.2, -0.15) is 0 Å². The molecule has 0 saturated heterocycles. The molecule has 16 heavy (non-hydrogen) atoms. The van der Waals surface area contributed by atoms with Crippen molar-refractivity contribution in [2.75, 3.05) is 14.1 Å². The van der Waals surface area contributed by atoms with Crippen molar-refractivity contribution in [3.05, 3.63) is 29.3 Å². The molecule has 0 saturated carbocycles. The van der Waals surface area contributed by atoms with Gasteiger partial charge >= 0.3 is 0 Å². The Balaban J connectivity index is 2.76. The molecule has 0 fully saturated rings. The standard InChI is InChI=1S/C13H19NO2/c1-9-6-10(2)8-12(7-9)16-11(3)13(15)14(4)5/h6-8,11H,1-5H3/t11-/m1/s1. The summed E-state index contributed by atoms with van der Waals surface area (Å²) in [7, 11) is 3.45. The largest absolute Gasteiger partial charge is 0.481 e. The van der Waals surface area contributed by atoms with Crippen molar-refractivity contribution in [3.63, 3.8) is 0 Å². The van der Waals surface area contributed by atoms with E-state index in [1.807, 2.05) is 26.0 Å². The second-order valence-electron chi connectivity index (χ2n) is 4.32. The van der Waals surface area contributed by atoms with Crippen molar-refractivity contribution in [3.8, 4) is 5.75 Å². The van der Waals surface area contributed by atoms with Crippen LogP contribution in [0.2, 0.25) is 0 Å². The SMILES string of the molecule is Cc1cc(C)cc(O[C@H](C)C(=O)N(C)C)c1. The molecule has 0 aromatic heterocycles. The fraction of sp³-hybridized carbons (Fsp3) is 0.462. The lowest BCUT2D eigenvalue weighted by Crippen LogP contribution is -2.35. The predicted molar refractivity (Wildman–Crippen MR) is 64.7 cm³/mol. The summed E-state index contributed by atoms with van der Waals surface area (Å²) in [6.07, 6.45) is -0.448. The van der Waals surface area contributed by atoms with E-state index in [4.69, 9.17) is 4.74 Å². The van der Waals surface area contributed by atoms with Crippen molar-refractivity contribution < 1.29 is 9.53 Å². The van der Waals surface area contributed by atoms with E-state index in [0.29, 0.717) is 0 Å². The smallest absolute Gasteiger partial charge is 0.262 e. The number of nitrogens with zero attached hydrogens (tertiary/aromatic N) is 1. The van der Waals surface area contributed by atoms with Gasteiger partial charge in [-0.1, -0.05) is 6.07 Å². The maximum absolute atomic E-state index is 11.6. The van der Waals surface area contributed by atoms with Crippen molar-refractivity contribution in [2.45, 2.75) is 26.9 Å². The van der Waals surface area contributed by atoms with E-state index >= 15 is 0 Å². The number of aryl methyl sites for hydroxylation is 2. The zero-order valence-electron chi connectivity index (χ0n) is 10.6. The zero-order valence-corrected chi connectivity index (χ0v) is 10.6. The molecule has 1 rings (SSSR count). The lowest BCUT2D eigenvalue weighted by Gasteiger charge is -2.18. The van der Waals surface area contributed by atoms with Crippen LogP contribution in [0.25, 0.3) is 0 Å². The first-order chi connectivity index (χ1) is 7.40. The number of amides is 1. The Morgan fingerprint density at radius 1 is 1.19 bits per heavy atom. The van der Waals surface area contributed by atoms with Gasteiger partial charge in [-0.25, -0.2) is 0 Å². The van der Waals surface area contributed by atoms with Crippen molar-refractivity contribution in [1.82, 2.24) is 4.90 Å². The van der Waals surface area contributed by atoms with Crippen LogP contribution in [0.15, 0.2) is 18.2 Å². The van der Waals surface area contributed by atoms with Crippen LogP contribution in [-0.4, -0.2) is 31.0 Å². The van der Waals surface area contributed by atoms with E-state index in [0.717, 1.165) is 16.9 Å². The maximum atomic E-state index is 11.6. The van der Waals surface area contributed by atoms with Crippen LogP contribution < -0.4 is 4.74 Å². The summed E-state index contributed by atoms with van der Waals surface area (Å²) in [5, 5.41) is 0. The Labute approximate surface area is 97.0 Å². The second-order valence-corrected chi connectivity index (χ2v) is 4.32.